The smallest absolute Gasteiger partial charge is 0.257 e. The van der Waals surface area contributed by atoms with Crippen LogP contribution in [0.1, 0.15) is 16.8 Å². The van der Waals surface area contributed by atoms with Crippen LogP contribution >= 0.6 is 28.5 Å². The summed E-state index contributed by atoms with van der Waals surface area (Å²) in [5, 5.41) is 11.8. The number of aromatic nitrogens is 1. The Hall–Kier alpha value is -0.990. The molecule has 0 aliphatic heterocycles. The standard InChI is InChI=1S/C11H15IN3O4P/c1-15(3-2-4-19-20-12)11(18)9-5-8(17)6-13-10(9)14-7-16/h5-7,17,20H,2-4H2,1H3,(H,13,14,16). The minimum atomic E-state index is -0.324. The molecule has 0 saturated carbocycles. The first kappa shape index (κ1) is 17.1. The van der Waals surface area contributed by atoms with Crippen molar-refractivity contribution in [1.82, 2.24) is 9.88 Å². The average Bonchev–Trinajstić information content (AvgIpc) is 2.44. The van der Waals surface area contributed by atoms with Crippen molar-refractivity contribution >= 4 is 46.6 Å². The first-order valence-corrected chi connectivity index (χ1v) is 9.74. The van der Waals surface area contributed by atoms with E-state index in [-0.39, 0.29) is 23.0 Å². The summed E-state index contributed by atoms with van der Waals surface area (Å²) >= 11 is 2.13. The number of halogens is 1. The molecule has 1 atom stereocenters. The third-order valence-electron chi connectivity index (χ3n) is 2.44. The van der Waals surface area contributed by atoms with Gasteiger partial charge in [-0.15, -0.1) is 0 Å². The van der Waals surface area contributed by atoms with Gasteiger partial charge in [0, 0.05) is 13.6 Å². The van der Waals surface area contributed by atoms with E-state index in [0.29, 0.717) is 32.4 Å². The molecule has 0 bridgehead atoms. The van der Waals surface area contributed by atoms with Crippen molar-refractivity contribution in [2.24, 2.45) is 0 Å². The van der Waals surface area contributed by atoms with Gasteiger partial charge >= 0.3 is 0 Å². The number of nitrogens with zero attached hydrogens (tertiary/aromatic N) is 2. The Kier molecular flexibility index (Phi) is 7.71. The molecule has 0 aliphatic carbocycles. The molecular formula is C11H15IN3O4P. The van der Waals surface area contributed by atoms with Crippen LogP contribution in [0.3, 0.4) is 0 Å². The lowest BCUT2D eigenvalue weighted by Crippen LogP contribution is -2.29. The zero-order chi connectivity index (χ0) is 15.0. The molecule has 7 nitrogen and oxygen atoms in total. The van der Waals surface area contributed by atoms with Gasteiger partial charge in [0.2, 0.25) is 6.41 Å². The highest BCUT2D eigenvalue weighted by atomic mass is 127. The number of amides is 2. The highest BCUT2D eigenvalue weighted by molar-refractivity contribution is 14.2. The van der Waals surface area contributed by atoms with Crippen molar-refractivity contribution in [3.8, 4) is 5.75 Å². The number of carbonyl (C=O) groups is 2. The third-order valence-corrected chi connectivity index (χ3v) is 3.69. The fourth-order valence-electron chi connectivity index (χ4n) is 1.51. The molecule has 110 valence electrons. The van der Waals surface area contributed by atoms with E-state index in [2.05, 4.69) is 32.3 Å². The molecule has 1 heterocycles. The second-order valence-electron chi connectivity index (χ2n) is 3.86. The molecule has 2 N–H and O–H groups in total. The molecule has 20 heavy (non-hydrogen) atoms. The van der Waals surface area contributed by atoms with Crippen LogP contribution in [0, 0.1) is 0 Å². The molecule has 2 amide bonds. The van der Waals surface area contributed by atoms with Crippen molar-refractivity contribution in [3.05, 3.63) is 17.8 Å². The van der Waals surface area contributed by atoms with Gasteiger partial charge in [0.25, 0.3) is 5.91 Å². The Bertz CT molecular complexity index is 475. The quantitative estimate of drug-likeness (QED) is 0.295. The number of anilines is 1. The summed E-state index contributed by atoms with van der Waals surface area (Å²) in [6.45, 7) is 1.49. The Morgan fingerprint density at radius 1 is 1.70 bits per heavy atom. The maximum Gasteiger partial charge on any atom is 0.257 e. The highest BCUT2D eigenvalue weighted by Crippen LogP contribution is 2.22. The molecule has 0 radical (unpaired) electrons. The van der Waals surface area contributed by atoms with Gasteiger partial charge in [0.1, 0.15) is 11.6 Å². The predicted octanol–water partition coefficient (Wildman–Crippen LogP) is 1.78. The van der Waals surface area contributed by atoms with Crippen molar-refractivity contribution in [2.75, 3.05) is 25.5 Å². The van der Waals surface area contributed by atoms with E-state index in [1.807, 2.05) is 0 Å². The van der Waals surface area contributed by atoms with E-state index in [9.17, 15) is 14.7 Å². The minimum absolute atomic E-state index is 0.125. The zero-order valence-corrected chi connectivity index (χ0v) is 14.0. The van der Waals surface area contributed by atoms with Crippen LogP contribution in [-0.2, 0) is 9.32 Å². The van der Waals surface area contributed by atoms with Crippen molar-refractivity contribution < 1.29 is 19.2 Å². The van der Waals surface area contributed by atoms with Crippen LogP contribution in [-0.4, -0.2) is 47.5 Å². The van der Waals surface area contributed by atoms with Crippen LogP contribution in [0.5, 0.6) is 5.75 Å². The molecule has 0 spiro atoms. The summed E-state index contributed by atoms with van der Waals surface area (Å²) in [5.74, 6) is -0.332. The minimum Gasteiger partial charge on any atom is -0.506 e. The normalized spacial score (nSPS) is 10.7. The second kappa shape index (κ2) is 9.04. The fourth-order valence-corrected chi connectivity index (χ4v) is 2.39. The van der Waals surface area contributed by atoms with Crippen LogP contribution in [0.15, 0.2) is 12.3 Å². The van der Waals surface area contributed by atoms with Crippen LogP contribution in [0.25, 0.3) is 0 Å². The van der Waals surface area contributed by atoms with Gasteiger partial charge in [-0.1, -0.05) is 0 Å². The largest absolute Gasteiger partial charge is 0.506 e. The van der Waals surface area contributed by atoms with Crippen molar-refractivity contribution in [2.45, 2.75) is 6.42 Å². The van der Waals surface area contributed by atoms with Gasteiger partial charge < -0.3 is 19.8 Å². The van der Waals surface area contributed by atoms with E-state index in [4.69, 9.17) is 4.52 Å². The van der Waals surface area contributed by atoms with Gasteiger partial charge in [-0.3, -0.25) is 9.59 Å². The summed E-state index contributed by atoms with van der Waals surface area (Å²) in [5.41, 5.74) is 0.149. The molecule has 1 aromatic heterocycles. The average molecular weight is 411 g/mol. The number of rotatable bonds is 8. The summed E-state index contributed by atoms with van der Waals surface area (Å²) in [7, 11) is 1.64. The predicted molar refractivity (Wildman–Crippen MR) is 85.5 cm³/mol. The maximum absolute atomic E-state index is 12.2. The number of aromatic hydroxyl groups is 1. The molecule has 1 aromatic rings. The summed E-state index contributed by atoms with van der Waals surface area (Å²) in [4.78, 5) is 28.0. The third kappa shape index (κ3) is 5.18. The molecule has 0 saturated heterocycles. The van der Waals surface area contributed by atoms with Crippen LogP contribution < -0.4 is 5.32 Å². The number of carbonyl (C=O) groups excluding carboxylic acids is 2. The maximum atomic E-state index is 12.2. The monoisotopic (exact) mass is 411 g/mol. The topological polar surface area (TPSA) is 91.8 Å². The number of hydrogen-bond donors (Lipinski definition) is 2. The molecular weight excluding hydrogens is 396 g/mol. The van der Waals surface area contributed by atoms with Crippen LogP contribution in [0.4, 0.5) is 5.82 Å². The van der Waals surface area contributed by atoms with Gasteiger partial charge in [-0.25, -0.2) is 4.98 Å². The first-order valence-electron chi connectivity index (χ1n) is 5.72. The summed E-state index contributed by atoms with van der Waals surface area (Å²) < 4.78 is 5.22. The molecule has 9 heteroatoms. The Morgan fingerprint density at radius 2 is 2.45 bits per heavy atom. The van der Waals surface area contributed by atoms with Crippen LogP contribution in [0.2, 0.25) is 0 Å². The fraction of sp³-hybridized carbons (Fsp3) is 0.364. The zero-order valence-electron chi connectivity index (χ0n) is 10.8. The van der Waals surface area contributed by atoms with Crippen molar-refractivity contribution in [3.63, 3.8) is 0 Å². The van der Waals surface area contributed by atoms with Gasteiger partial charge in [0.15, 0.2) is 0 Å². The highest BCUT2D eigenvalue weighted by Gasteiger charge is 2.17. The Labute approximate surface area is 131 Å². The lowest BCUT2D eigenvalue weighted by molar-refractivity contribution is -0.105. The number of pyridine rings is 1. The van der Waals surface area contributed by atoms with E-state index < -0.39 is 0 Å². The lowest BCUT2D eigenvalue weighted by atomic mass is 10.2. The SMILES string of the molecule is CN(CCCOPI)C(=O)c1cc(O)cnc1NC=O. The van der Waals surface area contributed by atoms with Crippen molar-refractivity contribution in [1.29, 1.82) is 0 Å². The second-order valence-corrected chi connectivity index (χ2v) is 5.62. The molecule has 0 aromatic carbocycles. The lowest BCUT2D eigenvalue weighted by Gasteiger charge is -2.18. The Balaban J connectivity index is 2.74. The number of nitrogens with one attached hydrogen (secondary N) is 1. The van der Waals surface area contributed by atoms with Gasteiger partial charge in [-0.05, 0) is 34.5 Å². The number of hydrogen-bond acceptors (Lipinski definition) is 5. The summed E-state index contributed by atoms with van der Waals surface area (Å²) in [6.07, 6.45) is 2.31. The van der Waals surface area contributed by atoms with E-state index in [1.54, 1.807) is 7.05 Å². The van der Waals surface area contributed by atoms with E-state index in [1.165, 1.54) is 11.0 Å². The Morgan fingerprint density at radius 3 is 3.10 bits per heavy atom. The van der Waals surface area contributed by atoms with Gasteiger partial charge in [0.05, 0.1) is 24.8 Å². The van der Waals surface area contributed by atoms with E-state index >= 15 is 0 Å². The van der Waals surface area contributed by atoms with Gasteiger partial charge in [-0.2, -0.15) is 0 Å². The molecule has 0 fully saturated rings. The molecule has 1 rings (SSSR count). The first-order chi connectivity index (χ1) is 9.60. The molecule has 0 aliphatic rings. The van der Waals surface area contributed by atoms with E-state index in [0.717, 1.165) is 6.20 Å². The molecule has 1 unspecified atom stereocenters. The summed E-state index contributed by atoms with van der Waals surface area (Å²) in [6, 6.07) is 1.28.